The summed E-state index contributed by atoms with van der Waals surface area (Å²) in [5, 5.41) is 0.649. The summed E-state index contributed by atoms with van der Waals surface area (Å²) in [6.45, 7) is 7.07. The molecular weight excluding hydrogens is 222 g/mol. The van der Waals surface area contributed by atoms with Crippen LogP contribution in [0.3, 0.4) is 0 Å². The summed E-state index contributed by atoms with van der Waals surface area (Å²) in [6, 6.07) is 0. The maximum absolute atomic E-state index is 12.3. The van der Waals surface area contributed by atoms with E-state index in [2.05, 4.69) is 0 Å². The highest BCUT2D eigenvalue weighted by Gasteiger charge is 2.31. The predicted molar refractivity (Wildman–Crippen MR) is 65.9 cm³/mol. The fraction of sp³-hybridized carbons (Fsp3) is 0.583. The number of ether oxygens (including phenoxy) is 1. The second-order valence-corrected chi connectivity index (χ2v) is 6.26. The first-order valence-corrected chi connectivity index (χ1v) is 6.25. The van der Waals surface area contributed by atoms with E-state index in [-0.39, 0.29) is 11.2 Å². The van der Waals surface area contributed by atoms with Crippen LogP contribution in [0.1, 0.15) is 41.6 Å². The third kappa shape index (κ3) is 1.87. The molecule has 0 bridgehead atoms. The summed E-state index contributed by atoms with van der Waals surface area (Å²) in [7, 11) is 0. The summed E-state index contributed by atoms with van der Waals surface area (Å²) >= 11 is 1.49. The molecule has 3 nitrogen and oxygen atoms in total. The van der Waals surface area contributed by atoms with Crippen molar-refractivity contribution in [3.8, 4) is 0 Å². The topological polar surface area (TPSA) is 52.3 Å². The van der Waals surface area contributed by atoms with E-state index in [0.29, 0.717) is 18.2 Å². The number of hydrogen-bond acceptors (Lipinski definition) is 4. The second-order valence-electron chi connectivity index (χ2n) is 5.12. The molecule has 0 spiro atoms. The van der Waals surface area contributed by atoms with Gasteiger partial charge in [0.1, 0.15) is 0 Å². The minimum atomic E-state index is -0.374. The number of anilines is 1. The Morgan fingerprint density at radius 1 is 1.44 bits per heavy atom. The summed E-state index contributed by atoms with van der Waals surface area (Å²) in [6.07, 6.45) is 0.806. The molecule has 0 atom stereocenters. The number of carbonyl (C=O) groups excluding carboxylic acids is 1. The number of nitrogen functional groups attached to an aromatic ring is 1. The van der Waals surface area contributed by atoms with Crippen LogP contribution in [-0.4, -0.2) is 12.4 Å². The minimum absolute atomic E-state index is 0.143. The number of hydrogen-bond donors (Lipinski definition) is 1. The lowest BCUT2D eigenvalue weighted by molar-refractivity contribution is 0.0853. The third-order valence-corrected chi connectivity index (χ3v) is 3.79. The van der Waals surface area contributed by atoms with Crippen LogP contribution in [0.5, 0.6) is 0 Å². The van der Waals surface area contributed by atoms with Gasteiger partial charge >= 0.3 is 0 Å². The van der Waals surface area contributed by atoms with Crippen LogP contribution in [-0.2, 0) is 17.8 Å². The van der Waals surface area contributed by atoms with Gasteiger partial charge in [-0.2, -0.15) is 0 Å². The second kappa shape index (κ2) is 3.86. The molecular formula is C12H17NO2S. The van der Waals surface area contributed by atoms with E-state index in [4.69, 9.17) is 10.5 Å². The van der Waals surface area contributed by atoms with Gasteiger partial charge < -0.3 is 10.5 Å². The van der Waals surface area contributed by atoms with Gasteiger partial charge in [0.2, 0.25) is 0 Å². The van der Waals surface area contributed by atoms with Crippen molar-refractivity contribution < 1.29 is 9.53 Å². The van der Waals surface area contributed by atoms with Crippen molar-refractivity contribution >= 4 is 22.1 Å². The summed E-state index contributed by atoms with van der Waals surface area (Å²) in [4.78, 5) is 13.4. The van der Waals surface area contributed by atoms with E-state index in [1.54, 1.807) is 0 Å². The number of ketones is 1. The van der Waals surface area contributed by atoms with Gasteiger partial charge in [-0.15, -0.1) is 11.3 Å². The highest BCUT2D eigenvalue weighted by molar-refractivity contribution is 7.16. The van der Waals surface area contributed by atoms with E-state index in [1.165, 1.54) is 11.3 Å². The zero-order valence-electron chi connectivity index (χ0n) is 9.92. The highest BCUT2D eigenvalue weighted by atomic mass is 32.1. The molecule has 1 aliphatic rings. The van der Waals surface area contributed by atoms with Crippen LogP contribution in [0.15, 0.2) is 0 Å². The zero-order chi connectivity index (χ0) is 11.9. The minimum Gasteiger partial charge on any atom is -0.390 e. The van der Waals surface area contributed by atoms with Crippen molar-refractivity contribution in [3.63, 3.8) is 0 Å². The fourth-order valence-electron chi connectivity index (χ4n) is 1.88. The average Bonchev–Trinajstić information content (AvgIpc) is 2.51. The molecule has 1 aromatic rings. The van der Waals surface area contributed by atoms with Crippen molar-refractivity contribution in [3.05, 3.63) is 16.0 Å². The van der Waals surface area contributed by atoms with Gasteiger partial charge in [-0.1, -0.05) is 20.8 Å². The predicted octanol–water partition coefficient (Wildman–Crippen LogP) is 2.63. The summed E-state index contributed by atoms with van der Waals surface area (Å²) in [5.41, 5.74) is 7.45. The summed E-state index contributed by atoms with van der Waals surface area (Å²) in [5.74, 6) is 0.143. The van der Waals surface area contributed by atoms with E-state index in [9.17, 15) is 4.79 Å². The Bertz CT molecular complexity index is 429. The average molecular weight is 239 g/mol. The van der Waals surface area contributed by atoms with Crippen molar-refractivity contribution in [2.45, 2.75) is 33.8 Å². The molecule has 4 heteroatoms. The molecule has 16 heavy (non-hydrogen) atoms. The van der Waals surface area contributed by atoms with Crippen LogP contribution < -0.4 is 5.73 Å². The van der Waals surface area contributed by atoms with Gasteiger partial charge in [0.05, 0.1) is 23.8 Å². The first-order chi connectivity index (χ1) is 7.41. The fourth-order valence-corrected chi connectivity index (χ4v) is 2.93. The zero-order valence-corrected chi connectivity index (χ0v) is 10.7. The van der Waals surface area contributed by atoms with E-state index in [1.807, 2.05) is 20.8 Å². The lowest BCUT2D eigenvalue weighted by Gasteiger charge is -2.19. The Kier molecular flexibility index (Phi) is 2.80. The van der Waals surface area contributed by atoms with Crippen LogP contribution in [0.2, 0.25) is 0 Å². The first-order valence-electron chi connectivity index (χ1n) is 5.44. The first kappa shape index (κ1) is 11.6. The van der Waals surface area contributed by atoms with Gasteiger partial charge in [0, 0.05) is 10.3 Å². The molecule has 0 saturated heterocycles. The quantitative estimate of drug-likeness (QED) is 0.766. The van der Waals surface area contributed by atoms with Crippen LogP contribution in [0.25, 0.3) is 0 Å². The lowest BCUT2D eigenvalue weighted by atomic mass is 9.85. The number of nitrogens with two attached hydrogens (primary N) is 1. The molecule has 0 saturated carbocycles. The molecule has 0 amide bonds. The molecule has 1 aliphatic heterocycles. The van der Waals surface area contributed by atoms with E-state index < -0.39 is 0 Å². The Morgan fingerprint density at radius 3 is 2.75 bits per heavy atom. The normalized spacial score (nSPS) is 15.9. The molecule has 2 rings (SSSR count). The van der Waals surface area contributed by atoms with Crippen molar-refractivity contribution in [1.29, 1.82) is 0 Å². The molecule has 0 aromatic carbocycles. The van der Waals surface area contributed by atoms with Gasteiger partial charge in [-0.25, -0.2) is 0 Å². The lowest BCUT2D eigenvalue weighted by Crippen LogP contribution is -2.23. The van der Waals surface area contributed by atoms with Crippen LogP contribution in [0, 0.1) is 5.41 Å². The standard InChI is InChI=1S/C12H17NO2S/c1-12(2,3)10(14)9-7-4-5-15-6-8(7)16-11(9)13/h4-6,13H2,1-3H3. The van der Waals surface area contributed by atoms with Gasteiger partial charge in [-0.3, -0.25) is 4.79 Å². The number of Topliss-reactive ketones (excluding diaryl/α,β-unsaturated/α-hetero) is 1. The molecule has 88 valence electrons. The van der Waals surface area contributed by atoms with Crippen LogP contribution >= 0.6 is 11.3 Å². The monoisotopic (exact) mass is 239 g/mol. The van der Waals surface area contributed by atoms with Crippen molar-refractivity contribution in [1.82, 2.24) is 0 Å². The van der Waals surface area contributed by atoms with Gasteiger partial charge in [0.15, 0.2) is 5.78 Å². The van der Waals surface area contributed by atoms with Gasteiger partial charge in [0.25, 0.3) is 0 Å². The molecule has 0 fully saturated rings. The number of fused-ring (bicyclic) bond motifs is 1. The van der Waals surface area contributed by atoms with Crippen molar-refractivity contribution in [2.24, 2.45) is 5.41 Å². The van der Waals surface area contributed by atoms with E-state index >= 15 is 0 Å². The van der Waals surface area contributed by atoms with E-state index in [0.717, 1.165) is 22.4 Å². The highest BCUT2D eigenvalue weighted by Crippen LogP contribution is 2.37. The SMILES string of the molecule is CC(C)(C)C(=O)c1c(N)sc2c1CCOC2. The molecule has 0 radical (unpaired) electrons. The Hall–Kier alpha value is -0.870. The smallest absolute Gasteiger partial charge is 0.171 e. The maximum atomic E-state index is 12.3. The molecule has 2 heterocycles. The number of thiophene rings is 1. The summed E-state index contributed by atoms with van der Waals surface area (Å²) < 4.78 is 5.37. The molecule has 0 unspecified atom stereocenters. The molecule has 0 aliphatic carbocycles. The maximum Gasteiger partial charge on any atom is 0.171 e. The molecule has 2 N–H and O–H groups in total. The Labute approximate surface area is 99.6 Å². The molecule has 1 aromatic heterocycles. The largest absolute Gasteiger partial charge is 0.390 e. The Balaban J connectivity index is 2.48. The van der Waals surface area contributed by atoms with Crippen LogP contribution in [0.4, 0.5) is 5.00 Å². The van der Waals surface area contributed by atoms with Crippen molar-refractivity contribution in [2.75, 3.05) is 12.3 Å². The number of carbonyl (C=O) groups is 1. The number of rotatable bonds is 1. The Morgan fingerprint density at radius 2 is 2.12 bits per heavy atom. The van der Waals surface area contributed by atoms with Gasteiger partial charge in [-0.05, 0) is 12.0 Å². The third-order valence-electron chi connectivity index (χ3n) is 2.76.